The monoisotopic (exact) mass is 406 g/mol. The highest BCUT2D eigenvalue weighted by atomic mass is 35.5. The standard InChI is InChI=1S/C20H23ClN2O3S/c1-15-2-4-16(5-3-15)12-13-27(24,25)23-18-7-9-19(10-8-18)26-20-11-6-17(21)14-22-20/h2-6,11-14,18-19,23H,7-10H2,1H3/b13-12+. The van der Waals surface area contributed by atoms with Crippen molar-refractivity contribution in [3.8, 4) is 5.88 Å². The van der Waals surface area contributed by atoms with Gasteiger partial charge in [-0.3, -0.25) is 0 Å². The SMILES string of the molecule is Cc1ccc(/C=C/S(=O)(=O)NC2CCC(Oc3ccc(Cl)cn3)CC2)cc1. The average molecular weight is 407 g/mol. The van der Waals surface area contributed by atoms with Crippen LogP contribution in [0.3, 0.4) is 0 Å². The number of aryl methyl sites for hydroxylation is 1. The van der Waals surface area contributed by atoms with Crippen molar-refractivity contribution < 1.29 is 13.2 Å². The van der Waals surface area contributed by atoms with E-state index in [0.717, 1.165) is 36.8 Å². The van der Waals surface area contributed by atoms with Crippen LogP contribution in [0.1, 0.15) is 36.8 Å². The fourth-order valence-corrected chi connectivity index (χ4v) is 4.25. The maximum absolute atomic E-state index is 12.3. The molecule has 0 bridgehead atoms. The van der Waals surface area contributed by atoms with Crippen LogP contribution in [0.5, 0.6) is 5.88 Å². The largest absolute Gasteiger partial charge is 0.474 e. The minimum atomic E-state index is -3.47. The summed E-state index contributed by atoms with van der Waals surface area (Å²) in [5, 5.41) is 1.80. The molecule has 0 atom stereocenters. The summed E-state index contributed by atoms with van der Waals surface area (Å²) in [7, 11) is -3.47. The van der Waals surface area contributed by atoms with E-state index in [1.807, 2.05) is 31.2 Å². The highest BCUT2D eigenvalue weighted by Gasteiger charge is 2.25. The lowest BCUT2D eigenvalue weighted by Crippen LogP contribution is -2.38. The molecule has 1 aliphatic rings. The molecule has 0 radical (unpaired) electrons. The number of benzene rings is 1. The first-order chi connectivity index (χ1) is 12.9. The number of rotatable bonds is 6. The summed E-state index contributed by atoms with van der Waals surface area (Å²) in [5.74, 6) is 0.546. The van der Waals surface area contributed by atoms with Crippen LogP contribution in [-0.2, 0) is 10.0 Å². The fourth-order valence-electron chi connectivity index (χ4n) is 3.02. The predicted octanol–water partition coefficient (Wildman–Crippen LogP) is 4.32. The zero-order chi connectivity index (χ0) is 19.3. The molecule has 5 nitrogen and oxygen atoms in total. The second kappa shape index (κ2) is 8.87. The van der Waals surface area contributed by atoms with Crippen molar-refractivity contribution in [3.05, 3.63) is 64.2 Å². The third-order valence-electron chi connectivity index (χ3n) is 4.51. The van der Waals surface area contributed by atoms with Crippen LogP contribution >= 0.6 is 11.6 Å². The third-order valence-corrected chi connectivity index (χ3v) is 5.89. The summed E-state index contributed by atoms with van der Waals surface area (Å²) < 4.78 is 33.2. The number of ether oxygens (including phenoxy) is 1. The molecule has 0 aliphatic heterocycles. The zero-order valence-electron chi connectivity index (χ0n) is 15.1. The Kier molecular flexibility index (Phi) is 6.52. The molecule has 0 unspecified atom stereocenters. The predicted molar refractivity (Wildman–Crippen MR) is 108 cm³/mol. The topological polar surface area (TPSA) is 68.3 Å². The summed E-state index contributed by atoms with van der Waals surface area (Å²) in [6.45, 7) is 1.99. The van der Waals surface area contributed by atoms with E-state index in [1.165, 1.54) is 5.41 Å². The minimum absolute atomic E-state index is 0.0440. The second-order valence-corrected chi connectivity index (χ2v) is 8.82. The van der Waals surface area contributed by atoms with Crippen LogP contribution in [0.2, 0.25) is 5.02 Å². The van der Waals surface area contributed by atoms with Gasteiger partial charge in [0.1, 0.15) is 6.10 Å². The van der Waals surface area contributed by atoms with Gasteiger partial charge in [0.05, 0.1) is 5.02 Å². The van der Waals surface area contributed by atoms with Gasteiger partial charge < -0.3 is 4.74 Å². The van der Waals surface area contributed by atoms with Crippen molar-refractivity contribution >= 4 is 27.7 Å². The Balaban J connectivity index is 1.49. The molecule has 1 heterocycles. The molecule has 0 spiro atoms. The maximum atomic E-state index is 12.3. The van der Waals surface area contributed by atoms with Crippen LogP contribution in [0.4, 0.5) is 0 Å². The van der Waals surface area contributed by atoms with Gasteiger partial charge in [0.2, 0.25) is 15.9 Å². The highest BCUT2D eigenvalue weighted by Crippen LogP contribution is 2.24. The number of pyridine rings is 1. The molecule has 1 N–H and O–H groups in total. The summed E-state index contributed by atoms with van der Waals surface area (Å²) in [6.07, 6.45) is 6.23. The number of nitrogens with zero attached hydrogens (tertiary/aromatic N) is 1. The van der Waals surface area contributed by atoms with Gasteiger partial charge >= 0.3 is 0 Å². The van der Waals surface area contributed by atoms with E-state index in [2.05, 4.69) is 9.71 Å². The lowest BCUT2D eigenvalue weighted by Gasteiger charge is -2.28. The molecule has 27 heavy (non-hydrogen) atoms. The number of aromatic nitrogens is 1. The number of hydrogen-bond acceptors (Lipinski definition) is 4. The molecule has 2 aromatic rings. The van der Waals surface area contributed by atoms with Crippen molar-refractivity contribution in [1.82, 2.24) is 9.71 Å². The Hall–Kier alpha value is -1.89. The third kappa shape index (κ3) is 6.34. The van der Waals surface area contributed by atoms with Crippen LogP contribution in [0, 0.1) is 6.92 Å². The minimum Gasteiger partial charge on any atom is -0.474 e. The Bertz CT molecular complexity index is 872. The molecule has 1 saturated carbocycles. The smallest absolute Gasteiger partial charge is 0.233 e. The molecule has 1 aromatic heterocycles. The van der Waals surface area contributed by atoms with Crippen molar-refractivity contribution in [2.45, 2.75) is 44.8 Å². The van der Waals surface area contributed by atoms with Crippen molar-refractivity contribution in [2.75, 3.05) is 0 Å². The molecule has 1 fully saturated rings. The van der Waals surface area contributed by atoms with Gasteiger partial charge in [-0.05, 0) is 50.3 Å². The van der Waals surface area contributed by atoms with Gasteiger partial charge in [0.15, 0.2) is 0 Å². The van der Waals surface area contributed by atoms with E-state index in [-0.39, 0.29) is 12.1 Å². The van der Waals surface area contributed by atoms with Crippen LogP contribution < -0.4 is 9.46 Å². The first-order valence-electron chi connectivity index (χ1n) is 8.95. The van der Waals surface area contributed by atoms with Gasteiger partial charge in [-0.2, -0.15) is 0 Å². The summed E-state index contributed by atoms with van der Waals surface area (Å²) in [4.78, 5) is 4.13. The van der Waals surface area contributed by atoms with Crippen LogP contribution in [0.25, 0.3) is 6.08 Å². The summed E-state index contributed by atoms with van der Waals surface area (Å²) >= 11 is 5.82. The van der Waals surface area contributed by atoms with Crippen LogP contribution in [-0.4, -0.2) is 25.5 Å². The Morgan fingerprint density at radius 2 is 1.81 bits per heavy atom. The van der Waals surface area contributed by atoms with E-state index in [4.69, 9.17) is 16.3 Å². The van der Waals surface area contributed by atoms with Crippen molar-refractivity contribution in [1.29, 1.82) is 0 Å². The van der Waals surface area contributed by atoms with Gasteiger partial charge in [0.25, 0.3) is 0 Å². The number of halogens is 1. The zero-order valence-corrected chi connectivity index (χ0v) is 16.7. The molecular formula is C20H23ClN2O3S. The lowest BCUT2D eigenvalue weighted by molar-refractivity contribution is 0.138. The molecular weight excluding hydrogens is 384 g/mol. The van der Waals surface area contributed by atoms with Crippen molar-refractivity contribution in [2.24, 2.45) is 0 Å². The summed E-state index contributed by atoms with van der Waals surface area (Å²) in [5.41, 5.74) is 2.00. The Labute approximate surface area is 165 Å². The molecule has 3 rings (SSSR count). The average Bonchev–Trinajstić information content (AvgIpc) is 2.65. The maximum Gasteiger partial charge on any atom is 0.233 e. The number of sulfonamides is 1. The Morgan fingerprint density at radius 1 is 1.11 bits per heavy atom. The van der Waals surface area contributed by atoms with E-state index in [9.17, 15) is 8.42 Å². The molecule has 7 heteroatoms. The van der Waals surface area contributed by atoms with Crippen LogP contribution in [0.15, 0.2) is 48.0 Å². The number of hydrogen-bond donors (Lipinski definition) is 1. The lowest BCUT2D eigenvalue weighted by atomic mass is 9.94. The van der Waals surface area contributed by atoms with Gasteiger partial charge in [-0.1, -0.05) is 41.4 Å². The fraction of sp³-hybridized carbons (Fsp3) is 0.350. The first kappa shape index (κ1) is 19.9. The number of nitrogens with one attached hydrogen (secondary N) is 1. The van der Waals surface area contributed by atoms with E-state index < -0.39 is 10.0 Å². The normalized spacial score (nSPS) is 20.7. The van der Waals surface area contributed by atoms with Gasteiger partial charge in [-0.15, -0.1) is 0 Å². The van der Waals surface area contributed by atoms with Gasteiger partial charge in [0, 0.05) is 23.7 Å². The first-order valence-corrected chi connectivity index (χ1v) is 10.9. The van der Waals surface area contributed by atoms with E-state index in [1.54, 1.807) is 24.4 Å². The molecule has 144 valence electrons. The summed E-state index contributed by atoms with van der Waals surface area (Å²) in [6, 6.07) is 11.1. The van der Waals surface area contributed by atoms with Crippen molar-refractivity contribution in [3.63, 3.8) is 0 Å². The molecule has 1 aromatic carbocycles. The van der Waals surface area contributed by atoms with E-state index >= 15 is 0 Å². The highest BCUT2D eigenvalue weighted by molar-refractivity contribution is 7.92. The van der Waals surface area contributed by atoms with Gasteiger partial charge in [-0.25, -0.2) is 18.1 Å². The molecule has 0 amide bonds. The Morgan fingerprint density at radius 3 is 2.44 bits per heavy atom. The molecule has 1 aliphatic carbocycles. The quantitative estimate of drug-likeness (QED) is 0.775. The van der Waals surface area contributed by atoms with E-state index in [0.29, 0.717) is 10.9 Å². The molecule has 0 saturated heterocycles. The second-order valence-electron chi connectivity index (χ2n) is 6.78.